The lowest BCUT2D eigenvalue weighted by Gasteiger charge is -2.09. The summed E-state index contributed by atoms with van der Waals surface area (Å²) in [6.07, 6.45) is 1.97. The Morgan fingerprint density at radius 2 is 1.93 bits per heavy atom. The highest BCUT2D eigenvalue weighted by molar-refractivity contribution is 9.10. The lowest BCUT2D eigenvalue weighted by molar-refractivity contribution is -0.119. The van der Waals surface area contributed by atoms with Crippen molar-refractivity contribution in [1.29, 1.82) is 0 Å². The van der Waals surface area contributed by atoms with Crippen molar-refractivity contribution >= 4 is 39.4 Å². The Labute approximate surface area is 163 Å². The second-order valence-corrected chi connectivity index (χ2v) is 7.03. The van der Waals surface area contributed by atoms with Gasteiger partial charge < -0.3 is 20.5 Å². The molecule has 0 radical (unpaired) electrons. The third-order valence-corrected chi connectivity index (χ3v) is 4.33. The molecule has 27 heavy (non-hydrogen) atoms. The average molecular weight is 433 g/mol. The van der Waals surface area contributed by atoms with Crippen molar-refractivity contribution in [3.05, 3.63) is 58.1 Å². The van der Waals surface area contributed by atoms with Gasteiger partial charge in [-0.3, -0.25) is 9.59 Å². The van der Waals surface area contributed by atoms with Gasteiger partial charge in [0.25, 0.3) is 11.8 Å². The monoisotopic (exact) mass is 432 g/mol. The largest absolute Gasteiger partial charge is 0.507 e. The molecule has 0 spiro atoms. The fraction of sp³-hybridized carbons (Fsp3) is 0.211. The minimum atomic E-state index is -0.818. The number of ether oxygens (including phenoxy) is 1. The third-order valence-electron chi connectivity index (χ3n) is 3.83. The van der Waals surface area contributed by atoms with Crippen molar-refractivity contribution < 1.29 is 24.2 Å². The maximum absolute atomic E-state index is 12.0. The molecule has 1 aliphatic carbocycles. The minimum absolute atomic E-state index is 0.0454. The lowest BCUT2D eigenvalue weighted by Crippen LogP contribution is -2.25. The van der Waals surface area contributed by atoms with E-state index in [0.29, 0.717) is 15.7 Å². The summed E-state index contributed by atoms with van der Waals surface area (Å²) in [6.45, 7) is -0.525. The van der Waals surface area contributed by atoms with Gasteiger partial charge in [0, 0.05) is 21.8 Å². The van der Waals surface area contributed by atoms with Crippen LogP contribution >= 0.6 is 15.9 Å². The van der Waals surface area contributed by atoms with E-state index in [2.05, 4.69) is 26.6 Å². The van der Waals surface area contributed by atoms with Crippen molar-refractivity contribution in [2.45, 2.75) is 18.9 Å². The Kier molecular flexibility index (Phi) is 5.75. The van der Waals surface area contributed by atoms with Crippen LogP contribution in [0.15, 0.2) is 46.9 Å². The molecule has 0 aromatic heterocycles. The van der Waals surface area contributed by atoms with Crippen LogP contribution in [-0.2, 0) is 9.53 Å². The molecular formula is C19H17BrN2O5. The Bertz CT molecular complexity index is 895. The van der Waals surface area contributed by atoms with Crippen molar-refractivity contribution in [3.63, 3.8) is 0 Å². The zero-order valence-corrected chi connectivity index (χ0v) is 15.8. The van der Waals surface area contributed by atoms with E-state index in [4.69, 9.17) is 4.74 Å². The van der Waals surface area contributed by atoms with Crippen molar-refractivity contribution in [2.24, 2.45) is 0 Å². The highest BCUT2D eigenvalue weighted by Crippen LogP contribution is 2.23. The van der Waals surface area contributed by atoms with Gasteiger partial charge in [0.2, 0.25) is 0 Å². The van der Waals surface area contributed by atoms with Crippen LogP contribution in [0.25, 0.3) is 0 Å². The zero-order valence-electron chi connectivity index (χ0n) is 14.2. The molecule has 0 unspecified atom stereocenters. The second-order valence-electron chi connectivity index (χ2n) is 6.11. The normalized spacial score (nSPS) is 12.9. The van der Waals surface area contributed by atoms with E-state index in [1.807, 2.05) is 0 Å². The number of aromatic hydroxyl groups is 1. The van der Waals surface area contributed by atoms with E-state index in [9.17, 15) is 19.5 Å². The highest BCUT2D eigenvalue weighted by Gasteiger charge is 2.23. The van der Waals surface area contributed by atoms with Gasteiger partial charge >= 0.3 is 5.97 Å². The number of rotatable bonds is 6. The van der Waals surface area contributed by atoms with Gasteiger partial charge in [-0.2, -0.15) is 0 Å². The van der Waals surface area contributed by atoms with E-state index in [1.54, 1.807) is 30.3 Å². The topological polar surface area (TPSA) is 105 Å². The van der Waals surface area contributed by atoms with E-state index in [-0.39, 0.29) is 23.3 Å². The summed E-state index contributed by atoms with van der Waals surface area (Å²) in [5.41, 5.74) is 0.816. The molecule has 1 saturated carbocycles. The lowest BCUT2D eigenvalue weighted by atomic mass is 10.2. The van der Waals surface area contributed by atoms with Crippen LogP contribution in [0.4, 0.5) is 5.69 Å². The number of esters is 1. The quantitative estimate of drug-likeness (QED) is 0.608. The van der Waals surface area contributed by atoms with Crippen molar-refractivity contribution in [2.75, 3.05) is 11.9 Å². The first-order chi connectivity index (χ1) is 12.9. The zero-order chi connectivity index (χ0) is 19.4. The minimum Gasteiger partial charge on any atom is -0.507 e. The predicted molar refractivity (Wildman–Crippen MR) is 102 cm³/mol. The number of hydrogen-bond acceptors (Lipinski definition) is 5. The van der Waals surface area contributed by atoms with Crippen LogP contribution in [-0.4, -0.2) is 35.5 Å². The van der Waals surface area contributed by atoms with Crippen LogP contribution in [0, 0.1) is 0 Å². The fourth-order valence-electron chi connectivity index (χ4n) is 2.31. The molecule has 7 nitrogen and oxygen atoms in total. The summed E-state index contributed by atoms with van der Waals surface area (Å²) in [7, 11) is 0. The van der Waals surface area contributed by atoms with E-state index < -0.39 is 18.5 Å². The van der Waals surface area contributed by atoms with E-state index in [1.165, 1.54) is 12.1 Å². The SMILES string of the molecule is O=C(COC(=O)c1cc(Br)ccc1O)Nc1cccc(C(=O)NC2CC2)c1. The number of amides is 2. The van der Waals surface area contributed by atoms with Gasteiger partial charge in [0.15, 0.2) is 6.61 Å². The Balaban J connectivity index is 1.55. The van der Waals surface area contributed by atoms with Crippen LogP contribution in [0.5, 0.6) is 5.75 Å². The number of anilines is 1. The highest BCUT2D eigenvalue weighted by atomic mass is 79.9. The van der Waals surface area contributed by atoms with Crippen LogP contribution < -0.4 is 10.6 Å². The molecule has 2 aromatic carbocycles. The standard InChI is InChI=1S/C19H17BrN2O5/c20-12-4-7-16(23)15(9-12)19(26)27-10-17(24)21-14-3-1-2-11(8-14)18(25)22-13-5-6-13/h1-4,7-9,13,23H,5-6,10H2,(H,21,24)(H,22,25). The van der Waals surface area contributed by atoms with Crippen LogP contribution in [0.1, 0.15) is 33.6 Å². The molecular weight excluding hydrogens is 416 g/mol. The van der Waals surface area contributed by atoms with Gasteiger partial charge in [-0.05, 0) is 49.2 Å². The molecule has 0 heterocycles. The average Bonchev–Trinajstić information content (AvgIpc) is 3.46. The second kappa shape index (κ2) is 8.22. The Morgan fingerprint density at radius 3 is 2.67 bits per heavy atom. The smallest absolute Gasteiger partial charge is 0.342 e. The van der Waals surface area contributed by atoms with Crippen LogP contribution in [0.2, 0.25) is 0 Å². The van der Waals surface area contributed by atoms with Gasteiger partial charge in [-0.25, -0.2) is 4.79 Å². The predicted octanol–water partition coefficient (Wildman–Crippen LogP) is 2.84. The van der Waals surface area contributed by atoms with Crippen molar-refractivity contribution in [3.8, 4) is 5.75 Å². The van der Waals surface area contributed by atoms with E-state index >= 15 is 0 Å². The van der Waals surface area contributed by atoms with Gasteiger partial charge in [0.05, 0.1) is 0 Å². The first kappa shape index (κ1) is 18.9. The number of carbonyl (C=O) groups excluding carboxylic acids is 3. The molecule has 3 rings (SSSR count). The molecule has 8 heteroatoms. The molecule has 2 aromatic rings. The third kappa shape index (κ3) is 5.30. The molecule has 1 fully saturated rings. The maximum atomic E-state index is 12.0. The molecule has 3 N–H and O–H groups in total. The first-order valence-electron chi connectivity index (χ1n) is 8.29. The number of hydrogen-bond donors (Lipinski definition) is 3. The molecule has 0 bridgehead atoms. The number of halogens is 1. The molecule has 0 saturated heterocycles. The Morgan fingerprint density at radius 1 is 1.15 bits per heavy atom. The van der Waals surface area contributed by atoms with Gasteiger partial charge in [0.1, 0.15) is 11.3 Å². The number of nitrogens with one attached hydrogen (secondary N) is 2. The molecule has 1 aliphatic rings. The van der Waals surface area contributed by atoms with Gasteiger partial charge in [-0.1, -0.05) is 22.0 Å². The summed E-state index contributed by atoms with van der Waals surface area (Å²) in [4.78, 5) is 36.0. The first-order valence-corrected chi connectivity index (χ1v) is 9.08. The molecule has 2 amide bonds. The molecule has 140 valence electrons. The van der Waals surface area contributed by atoms with Crippen molar-refractivity contribution in [1.82, 2.24) is 5.32 Å². The van der Waals surface area contributed by atoms with Crippen LogP contribution in [0.3, 0.4) is 0 Å². The summed E-state index contributed by atoms with van der Waals surface area (Å²) < 4.78 is 5.52. The van der Waals surface area contributed by atoms with Gasteiger partial charge in [-0.15, -0.1) is 0 Å². The molecule has 0 atom stereocenters. The summed E-state index contributed by atoms with van der Waals surface area (Å²) >= 11 is 3.20. The summed E-state index contributed by atoms with van der Waals surface area (Å²) in [5, 5.41) is 15.1. The number of benzene rings is 2. The summed E-state index contributed by atoms with van der Waals surface area (Å²) in [6, 6.07) is 11.1. The molecule has 0 aliphatic heterocycles. The maximum Gasteiger partial charge on any atom is 0.342 e. The number of carbonyl (C=O) groups is 3. The van der Waals surface area contributed by atoms with E-state index in [0.717, 1.165) is 12.8 Å². The Hall–Kier alpha value is -2.87. The fourth-order valence-corrected chi connectivity index (χ4v) is 2.67. The number of phenols is 1. The number of phenolic OH excluding ortho intramolecular Hbond substituents is 1. The summed E-state index contributed by atoms with van der Waals surface area (Å²) in [5.74, 6) is -1.80.